The Balaban J connectivity index is 1.55. The smallest absolute Gasteiger partial charge is 0.253 e. The highest BCUT2D eigenvalue weighted by atomic mass is 16.6. The molecule has 1 atom stereocenters. The number of aryl methyl sites for hydroxylation is 1. The third kappa shape index (κ3) is 2.91. The van der Waals surface area contributed by atoms with Gasteiger partial charge in [0.05, 0.1) is 38.2 Å². The molecule has 24 heavy (non-hydrogen) atoms. The van der Waals surface area contributed by atoms with Crippen LogP contribution in [-0.2, 0) is 26.1 Å². The van der Waals surface area contributed by atoms with Crippen molar-refractivity contribution in [2.24, 2.45) is 13.0 Å². The molecule has 1 saturated carbocycles. The molecule has 3 fully saturated rings. The van der Waals surface area contributed by atoms with Gasteiger partial charge in [0.25, 0.3) is 5.91 Å². The van der Waals surface area contributed by atoms with Gasteiger partial charge < -0.3 is 19.3 Å². The van der Waals surface area contributed by atoms with E-state index in [-0.39, 0.29) is 24.3 Å². The maximum atomic E-state index is 12.5. The molecule has 0 unspecified atom stereocenters. The fraction of sp³-hybridized carbons (Fsp3) is 0.688. The summed E-state index contributed by atoms with van der Waals surface area (Å²) in [4.78, 5) is 28.3. The number of aromatic nitrogens is 2. The Morgan fingerprint density at radius 1 is 1.38 bits per heavy atom. The van der Waals surface area contributed by atoms with Crippen molar-refractivity contribution in [3.05, 3.63) is 12.4 Å². The number of ether oxygens (including phenoxy) is 2. The number of morpholine rings is 1. The van der Waals surface area contributed by atoms with Crippen molar-refractivity contribution >= 4 is 17.5 Å². The fourth-order valence-electron chi connectivity index (χ4n) is 3.36. The molecule has 0 bridgehead atoms. The zero-order valence-corrected chi connectivity index (χ0v) is 13.8. The fourth-order valence-corrected chi connectivity index (χ4v) is 3.36. The molecule has 3 heterocycles. The molecule has 2 saturated heterocycles. The van der Waals surface area contributed by atoms with E-state index in [0.29, 0.717) is 32.8 Å². The van der Waals surface area contributed by atoms with Gasteiger partial charge in [-0.2, -0.15) is 5.10 Å². The van der Waals surface area contributed by atoms with Crippen molar-refractivity contribution < 1.29 is 19.1 Å². The van der Waals surface area contributed by atoms with Crippen LogP contribution < -0.4 is 4.90 Å². The standard InChI is InChI=1S/C16H22N4O4/c1-18-7-13(6-17-18)20-10-16(24-8-14(20)21)9-19(4-5-23-11-16)15(22)12-2-3-12/h6-7,12H,2-5,8-11H2,1H3/t16-/m1/s1. The van der Waals surface area contributed by atoms with Gasteiger partial charge in [-0.1, -0.05) is 0 Å². The average molecular weight is 334 g/mol. The van der Waals surface area contributed by atoms with Crippen LogP contribution in [0.15, 0.2) is 12.4 Å². The van der Waals surface area contributed by atoms with E-state index in [2.05, 4.69) is 5.10 Å². The quantitative estimate of drug-likeness (QED) is 0.748. The van der Waals surface area contributed by atoms with Gasteiger partial charge in [0.15, 0.2) is 0 Å². The Labute approximate surface area is 140 Å². The lowest BCUT2D eigenvalue weighted by Crippen LogP contribution is -2.61. The first-order valence-corrected chi connectivity index (χ1v) is 8.36. The summed E-state index contributed by atoms with van der Waals surface area (Å²) in [7, 11) is 1.81. The van der Waals surface area contributed by atoms with Crippen molar-refractivity contribution in [1.29, 1.82) is 0 Å². The van der Waals surface area contributed by atoms with Crippen LogP contribution in [0.25, 0.3) is 0 Å². The molecule has 1 aromatic rings. The third-order valence-corrected chi connectivity index (χ3v) is 4.84. The zero-order valence-electron chi connectivity index (χ0n) is 13.8. The van der Waals surface area contributed by atoms with E-state index in [0.717, 1.165) is 18.5 Å². The predicted molar refractivity (Wildman–Crippen MR) is 84.4 cm³/mol. The summed E-state index contributed by atoms with van der Waals surface area (Å²) in [6.45, 7) is 2.29. The van der Waals surface area contributed by atoms with Crippen molar-refractivity contribution in [1.82, 2.24) is 14.7 Å². The van der Waals surface area contributed by atoms with Gasteiger partial charge in [0.2, 0.25) is 5.91 Å². The first-order valence-electron chi connectivity index (χ1n) is 8.36. The van der Waals surface area contributed by atoms with Crippen LogP contribution in [-0.4, -0.2) is 71.6 Å². The van der Waals surface area contributed by atoms with Gasteiger partial charge in [-0.25, -0.2) is 0 Å². The highest BCUT2D eigenvalue weighted by Gasteiger charge is 2.46. The lowest BCUT2D eigenvalue weighted by atomic mass is 10.0. The van der Waals surface area contributed by atoms with Crippen LogP contribution in [0.1, 0.15) is 12.8 Å². The summed E-state index contributed by atoms with van der Waals surface area (Å²) in [6.07, 6.45) is 5.43. The van der Waals surface area contributed by atoms with Gasteiger partial charge in [-0.3, -0.25) is 14.3 Å². The number of hydrogen-bond donors (Lipinski definition) is 0. The Morgan fingerprint density at radius 3 is 2.92 bits per heavy atom. The van der Waals surface area contributed by atoms with E-state index in [1.807, 2.05) is 18.1 Å². The minimum atomic E-state index is -0.676. The number of amides is 2. The van der Waals surface area contributed by atoms with Crippen LogP contribution in [0.3, 0.4) is 0 Å². The monoisotopic (exact) mass is 334 g/mol. The summed E-state index contributed by atoms with van der Waals surface area (Å²) < 4.78 is 13.3. The van der Waals surface area contributed by atoms with E-state index >= 15 is 0 Å². The second kappa shape index (κ2) is 5.86. The number of hydrogen-bond acceptors (Lipinski definition) is 5. The lowest BCUT2D eigenvalue weighted by Gasteiger charge is -2.42. The second-order valence-electron chi connectivity index (χ2n) is 6.91. The van der Waals surface area contributed by atoms with E-state index < -0.39 is 5.60 Å². The van der Waals surface area contributed by atoms with Crippen molar-refractivity contribution in [3.63, 3.8) is 0 Å². The van der Waals surface area contributed by atoms with Crippen molar-refractivity contribution in [3.8, 4) is 0 Å². The molecule has 4 rings (SSSR count). The lowest BCUT2D eigenvalue weighted by molar-refractivity contribution is -0.150. The Bertz CT molecular complexity index is 656. The summed E-state index contributed by atoms with van der Waals surface area (Å²) in [6, 6.07) is 0. The number of anilines is 1. The summed E-state index contributed by atoms with van der Waals surface area (Å²) in [5.74, 6) is 0.256. The van der Waals surface area contributed by atoms with Crippen molar-refractivity contribution in [2.75, 3.05) is 44.4 Å². The van der Waals surface area contributed by atoms with Gasteiger partial charge in [-0.05, 0) is 12.8 Å². The largest absolute Gasteiger partial charge is 0.376 e. The topological polar surface area (TPSA) is 76.9 Å². The minimum absolute atomic E-state index is 0.0102. The third-order valence-electron chi connectivity index (χ3n) is 4.84. The van der Waals surface area contributed by atoms with Crippen LogP contribution in [0, 0.1) is 5.92 Å². The van der Waals surface area contributed by atoms with Crippen LogP contribution in [0.2, 0.25) is 0 Å². The molecule has 8 nitrogen and oxygen atoms in total. The first-order chi connectivity index (χ1) is 11.6. The Kier molecular flexibility index (Phi) is 3.80. The van der Waals surface area contributed by atoms with Gasteiger partial charge in [0.1, 0.15) is 12.2 Å². The van der Waals surface area contributed by atoms with E-state index in [1.165, 1.54) is 0 Å². The molecular weight excluding hydrogens is 312 g/mol. The van der Waals surface area contributed by atoms with E-state index in [4.69, 9.17) is 9.47 Å². The van der Waals surface area contributed by atoms with Gasteiger partial charge in [0, 0.05) is 25.7 Å². The molecule has 1 aliphatic carbocycles. The first kappa shape index (κ1) is 15.6. The molecule has 3 aliphatic rings. The highest BCUT2D eigenvalue weighted by Crippen LogP contribution is 2.33. The van der Waals surface area contributed by atoms with Crippen LogP contribution in [0.4, 0.5) is 5.69 Å². The van der Waals surface area contributed by atoms with Gasteiger partial charge in [-0.15, -0.1) is 0 Å². The SMILES string of the molecule is Cn1cc(N2C[C@]3(COCCN(C(=O)C4CC4)C3)OCC2=O)cn1. The molecule has 0 N–H and O–H groups in total. The maximum absolute atomic E-state index is 12.5. The number of nitrogens with zero attached hydrogens (tertiary/aromatic N) is 4. The molecular formula is C16H22N4O4. The summed E-state index contributed by atoms with van der Waals surface area (Å²) in [5, 5.41) is 4.14. The van der Waals surface area contributed by atoms with E-state index in [1.54, 1.807) is 15.8 Å². The Hall–Kier alpha value is -1.93. The molecule has 1 spiro atoms. The number of carbonyl (C=O) groups excluding carboxylic acids is 2. The Morgan fingerprint density at radius 2 is 2.21 bits per heavy atom. The van der Waals surface area contributed by atoms with Crippen LogP contribution in [0.5, 0.6) is 0 Å². The normalized spacial score (nSPS) is 28.3. The maximum Gasteiger partial charge on any atom is 0.253 e. The molecule has 0 aromatic carbocycles. The predicted octanol–water partition coefficient (Wildman–Crippen LogP) is -0.209. The highest BCUT2D eigenvalue weighted by molar-refractivity contribution is 5.95. The van der Waals surface area contributed by atoms with Crippen LogP contribution >= 0.6 is 0 Å². The molecule has 0 radical (unpaired) electrons. The second-order valence-corrected chi connectivity index (χ2v) is 6.91. The molecule has 2 aliphatic heterocycles. The molecule has 8 heteroatoms. The van der Waals surface area contributed by atoms with E-state index in [9.17, 15) is 9.59 Å². The summed E-state index contributed by atoms with van der Waals surface area (Å²) >= 11 is 0. The molecule has 130 valence electrons. The minimum Gasteiger partial charge on any atom is -0.376 e. The molecule has 1 aromatic heterocycles. The summed E-state index contributed by atoms with van der Waals surface area (Å²) in [5.41, 5.74) is 0.0691. The average Bonchev–Trinajstić information content (AvgIpc) is 3.36. The van der Waals surface area contributed by atoms with Crippen molar-refractivity contribution in [2.45, 2.75) is 18.4 Å². The molecule has 2 amide bonds. The number of carbonyl (C=O) groups is 2. The zero-order chi connectivity index (χ0) is 16.7. The number of rotatable bonds is 2. The van der Waals surface area contributed by atoms with Gasteiger partial charge >= 0.3 is 0 Å².